The molecule has 2 aliphatic carbocycles. The first-order valence-corrected chi connectivity index (χ1v) is 4.21. The van der Waals surface area contributed by atoms with Gasteiger partial charge in [0.15, 0.2) is 0 Å². The van der Waals surface area contributed by atoms with Crippen LogP contribution in [0.1, 0.15) is 6.42 Å². The Morgan fingerprint density at radius 2 is 1.58 bits per heavy atom. The minimum Gasteiger partial charge on any atom is -0.393 e. The Bertz CT molecular complexity index is 277. The van der Waals surface area contributed by atoms with Gasteiger partial charge in [-0.2, -0.15) is 0 Å². The normalized spacial score (nSPS) is 48.3. The third-order valence-corrected chi connectivity index (χ3v) is 3.20. The van der Waals surface area contributed by atoms with Crippen LogP contribution in [0, 0.1) is 23.7 Å². The fourth-order valence-corrected chi connectivity index (χ4v) is 2.70. The molecule has 0 N–H and O–H groups in total. The number of hydrogen-bond donors (Lipinski definition) is 0. The van der Waals surface area contributed by atoms with Crippen LogP contribution in [0.2, 0.25) is 0 Å². The van der Waals surface area contributed by atoms with Gasteiger partial charge in [-0.1, -0.05) is 12.2 Å². The van der Waals surface area contributed by atoms with Gasteiger partial charge >= 0.3 is 11.9 Å². The molecule has 12 heavy (non-hydrogen) atoms. The van der Waals surface area contributed by atoms with Crippen LogP contribution in [0.5, 0.6) is 0 Å². The highest BCUT2D eigenvalue weighted by molar-refractivity contribution is 5.98. The summed E-state index contributed by atoms with van der Waals surface area (Å²) < 4.78 is 4.59. The van der Waals surface area contributed by atoms with Crippen molar-refractivity contribution in [3.05, 3.63) is 12.2 Å². The molecule has 3 aliphatic rings. The highest BCUT2D eigenvalue weighted by atomic mass is 16.6. The van der Waals surface area contributed by atoms with E-state index in [0.717, 1.165) is 6.42 Å². The molecule has 3 unspecified atom stereocenters. The molecular formula is C9H8O3. The topological polar surface area (TPSA) is 43.4 Å². The summed E-state index contributed by atoms with van der Waals surface area (Å²) in [5, 5.41) is 0. The summed E-state index contributed by atoms with van der Waals surface area (Å²) in [5.74, 6) is -0.346. The SMILES string of the molecule is O=C1OC(=O)C2C1C1C=C[C@H]2C1. The Hall–Kier alpha value is -1.12. The maximum Gasteiger partial charge on any atom is 0.318 e. The zero-order chi connectivity index (χ0) is 8.29. The predicted octanol–water partition coefficient (Wildman–Crippen LogP) is 0.508. The average Bonchev–Trinajstić information content (AvgIpc) is 2.64. The zero-order valence-electron chi connectivity index (χ0n) is 6.40. The number of fused-ring (bicyclic) bond motifs is 5. The average molecular weight is 164 g/mol. The van der Waals surface area contributed by atoms with Crippen LogP contribution in [-0.4, -0.2) is 11.9 Å². The molecule has 1 aliphatic heterocycles. The van der Waals surface area contributed by atoms with E-state index in [0.29, 0.717) is 0 Å². The maximum absolute atomic E-state index is 11.2. The highest BCUT2D eigenvalue weighted by Crippen LogP contribution is 2.51. The number of ether oxygens (including phenoxy) is 1. The summed E-state index contributed by atoms with van der Waals surface area (Å²) in [6.45, 7) is 0. The summed E-state index contributed by atoms with van der Waals surface area (Å²) in [7, 11) is 0. The molecule has 0 spiro atoms. The lowest BCUT2D eigenvalue weighted by Gasteiger charge is -2.12. The molecule has 0 amide bonds. The predicted molar refractivity (Wildman–Crippen MR) is 38.8 cm³/mol. The summed E-state index contributed by atoms with van der Waals surface area (Å²) in [4.78, 5) is 22.4. The summed E-state index contributed by atoms with van der Waals surface area (Å²) in [6.07, 6.45) is 5.06. The molecule has 62 valence electrons. The first-order chi connectivity index (χ1) is 5.77. The minimum absolute atomic E-state index is 0.146. The molecule has 0 aromatic carbocycles. The molecular weight excluding hydrogens is 156 g/mol. The van der Waals surface area contributed by atoms with Gasteiger partial charge < -0.3 is 4.74 Å². The van der Waals surface area contributed by atoms with Crippen molar-refractivity contribution in [1.82, 2.24) is 0 Å². The lowest BCUT2D eigenvalue weighted by Crippen LogP contribution is -2.21. The van der Waals surface area contributed by atoms with Gasteiger partial charge in [0, 0.05) is 0 Å². The van der Waals surface area contributed by atoms with Gasteiger partial charge in [0.1, 0.15) is 0 Å². The van der Waals surface area contributed by atoms with Crippen LogP contribution in [0.25, 0.3) is 0 Å². The molecule has 1 saturated heterocycles. The number of rotatable bonds is 0. The van der Waals surface area contributed by atoms with E-state index in [9.17, 15) is 9.59 Å². The van der Waals surface area contributed by atoms with Crippen LogP contribution >= 0.6 is 0 Å². The zero-order valence-corrected chi connectivity index (χ0v) is 6.40. The molecule has 0 aromatic rings. The Morgan fingerprint density at radius 1 is 1.08 bits per heavy atom. The lowest BCUT2D eigenvalue weighted by atomic mass is 9.85. The Morgan fingerprint density at radius 3 is 2.08 bits per heavy atom. The molecule has 0 aromatic heterocycles. The Balaban J connectivity index is 2.08. The van der Waals surface area contributed by atoms with E-state index in [4.69, 9.17) is 0 Å². The van der Waals surface area contributed by atoms with Crippen molar-refractivity contribution in [3.8, 4) is 0 Å². The van der Waals surface area contributed by atoms with Crippen molar-refractivity contribution >= 4 is 11.9 Å². The van der Waals surface area contributed by atoms with Crippen molar-refractivity contribution in [1.29, 1.82) is 0 Å². The fourth-order valence-electron chi connectivity index (χ4n) is 2.70. The second-order valence-corrected chi connectivity index (χ2v) is 3.74. The van der Waals surface area contributed by atoms with Crippen LogP contribution in [0.4, 0.5) is 0 Å². The summed E-state index contributed by atoms with van der Waals surface area (Å²) in [5.41, 5.74) is 0. The van der Waals surface area contributed by atoms with Crippen LogP contribution in [0.15, 0.2) is 12.2 Å². The molecule has 2 fully saturated rings. The molecule has 1 heterocycles. The number of carbonyl (C=O) groups excluding carboxylic acids is 2. The number of cyclic esters (lactones) is 2. The van der Waals surface area contributed by atoms with Crippen LogP contribution in [0.3, 0.4) is 0 Å². The van der Waals surface area contributed by atoms with Gasteiger partial charge in [-0.3, -0.25) is 9.59 Å². The number of allylic oxidation sites excluding steroid dienone is 2. The summed E-state index contributed by atoms with van der Waals surface area (Å²) >= 11 is 0. The van der Waals surface area contributed by atoms with Gasteiger partial charge in [-0.25, -0.2) is 0 Å². The second kappa shape index (κ2) is 1.79. The largest absolute Gasteiger partial charge is 0.393 e. The van der Waals surface area contributed by atoms with E-state index in [1.165, 1.54) is 0 Å². The van der Waals surface area contributed by atoms with Gasteiger partial charge in [0.05, 0.1) is 11.8 Å². The Kier molecular flexibility index (Phi) is 0.953. The number of esters is 2. The van der Waals surface area contributed by atoms with E-state index in [2.05, 4.69) is 4.74 Å². The summed E-state index contributed by atoms with van der Waals surface area (Å²) in [6, 6.07) is 0. The standard InChI is InChI=1S/C9H8O3/c10-8-6-4-1-2-5(3-4)7(6)9(11)12-8/h1-2,4-7H,3H2/t4-,5?,6?,7?/m0/s1. The van der Waals surface area contributed by atoms with Crippen LogP contribution in [-0.2, 0) is 14.3 Å². The van der Waals surface area contributed by atoms with Crippen molar-refractivity contribution < 1.29 is 14.3 Å². The van der Waals surface area contributed by atoms with E-state index in [1.807, 2.05) is 12.2 Å². The Labute approximate surface area is 69.4 Å². The van der Waals surface area contributed by atoms with E-state index in [1.54, 1.807) is 0 Å². The first-order valence-electron chi connectivity index (χ1n) is 4.21. The lowest BCUT2D eigenvalue weighted by molar-refractivity contribution is -0.154. The van der Waals surface area contributed by atoms with Gasteiger partial charge in [-0.15, -0.1) is 0 Å². The molecule has 3 nitrogen and oxygen atoms in total. The molecule has 0 radical (unpaired) electrons. The molecule has 4 atom stereocenters. The molecule has 3 rings (SSSR count). The van der Waals surface area contributed by atoms with E-state index < -0.39 is 0 Å². The number of carbonyl (C=O) groups is 2. The first kappa shape index (κ1) is 6.40. The fraction of sp³-hybridized carbons (Fsp3) is 0.556. The minimum atomic E-state index is -0.304. The third kappa shape index (κ3) is 0.543. The van der Waals surface area contributed by atoms with E-state index >= 15 is 0 Å². The molecule has 2 bridgehead atoms. The highest BCUT2D eigenvalue weighted by Gasteiger charge is 2.57. The van der Waals surface area contributed by atoms with Crippen molar-refractivity contribution in [2.45, 2.75) is 6.42 Å². The van der Waals surface area contributed by atoms with Gasteiger partial charge in [-0.05, 0) is 18.3 Å². The molecule has 1 saturated carbocycles. The monoisotopic (exact) mass is 164 g/mol. The van der Waals surface area contributed by atoms with Crippen molar-refractivity contribution in [2.24, 2.45) is 23.7 Å². The quantitative estimate of drug-likeness (QED) is 0.297. The second-order valence-electron chi connectivity index (χ2n) is 3.74. The smallest absolute Gasteiger partial charge is 0.318 e. The van der Waals surface area contributed by atoms with Crippen molar-refractivity contribution in [2.75, 3.05) is 0 Å². The van der Waals surface area contributed by atoms with Crippen molar-refractivity contribution in [3.63, 3.8) is 0 Å². The van der Waals surface area contributed by atoms with Crippen LogP contribution < -0.4 is 0 Å². The van der Waals surface area contributed by atoms with E-state index in [-0.39, 0.29) is 35.6 Å². The maximum atomic E-state index is 11.2. The number of hydrogen-bond acceptors (Lipinski definition) is 3. The third-order valence-electron chi connectivity index (χ3n) is 3.20. The molecule has 3 heteroatoms. The van der Waals surface area contributed by atoms with Gasteiger partial charge in [0.2, 0.25) is 0 Å². The van der Waals surface area contributed by atoms with Gasteiger partial charge in [0.25, 0.3) is 0 Å².